The van der Waals surface area contributed by atoms with Crippen molar-refractivity contribution in [2.75, 3.05) is 6.54 Å². The maximum atomic E-state index is 10.9. The van der Waals surface area contributed by atoms with Crippen LogP contribution in [-0.2, 0) is 0 Å². The van der Waals surface area contributed by atoms with Crippen molar-refractivity contribution in [3.8, 4) is 5.75 Å². The van der Waals surface area contributed by atoms with Gasteiger partial charge in [-0.15, -0.1) is 0 Å². The van der Waals surface area contributed by atoms with Gasteiger partial charge >= 0.3 is 5.63 Å². The molecule has 0 radical (unpaired) electrons. The zero-order valence-electron chi connectivity index (χ0n) is 7.74. The van der Waals surface area contributed by atoms with Gasteiger partial charge in [-0.1, -0.05) is 0 Å². The van der Waals surface area contributed by atoms with Crippen molar-refractivity contribution in [2.24, 2.45) is 5.73 Å². The zero-order valence-corrected chi connectivity index (χ0v) is 7.74. The SMILES string of the molecule is Cc1cc(OC(C)CN)cc(=O)o1. The standard InChI is InChI=1S/C9H13NO3/c1-6-3-8(4-9(11)13-6)12-7(2)5-10/h3-4,7H,5,10H2,1-2H3. The summed E-state index contributed by atoms with van der Waals surface area (Å²) >= 11 is 0. The van der Waals surface area contributed by atoms with E-state index >= 15 is 0 Å². The third-order valence-corrected chi connectivity index (χ3v) is 1.54. The fourth-order valence-electron chi connectivity index (χ4n) is 0.924. The van der Waals surface area contributed by atoms with E-state index in [0.29, 0.717) is 18.1 Å². The molecule has 1 rings (SSSR count). The Labute approximate surface area is 76.3 Å². The predicted octanol–water partition coefficient (Wildman–Crippen LogP) is 0.674. The summed E-state index contributed by atoms with van der Waals surface area (Å²) in [4.78, 5) is 10.9. The van der Waals surface area contributed by atoms with E-state index in [2.05, 4.69) is 0 Å². The van der Waals surface area contributed by atoms with Gasteiger partial charge in [0.05, 0.1) is 6.07 Å². The fraction of sp³-hybridized carbons (Fsp3) is 0.444. The van der Waals surface area contributed by atoms with Crippen molar-refractivity contribution < 1.29 is 9.15 Å². The normalized spacial score (nSPS) is 12.5. The van der Waals surface area contributed by atoms with Crippen LogP contribution in [0, 0.1) is 6.92 Å². The molecule has 0 aliphatic rings. The zero-order chi connectivity index (χ0) is 9.84. The minimum Gasteiger partial charge on any atom is -0.489 e. The maximum Gasteiger partial charge on any atom is 0.339 e. The summed E-state index contributed by atoms with van der Waals surface area (Å²) in [5.41, 5.74) is 4.97. The van der Waals surface area contributed by atoms with Crippen LogP contribution in [0.25, 0.3) is 0 Å². The molecule has 0 aliphatic carbocycles. The number of nitrogens with two attached hydrogens (primary N) is 1. The highest BCUT2D eigenvalue weighted by Gasteiger charge is 2.03. The number of aryl methyl sites for hydroxylation is 1. The van der Waals surface area contributed by atoms with Crippen molar-refractivity contribution in [1.29, 1.82) is 0 Å². The monoisotopic (exact) mass is 183 g/mol. The second-order valence-electron chi connectivity index (χ2n) is 2.89. The molecular formula is C9H13NO3. The Balaban J connectivity index is 2.83. The van der Waals surface area contributed by atoms with Crippen LogP contribution in [0.15, 0.2) is 21.3 Å². The third kappa shape index (κ3) is 2.91. The molecule has 1 atom stereocenters. The van der Waals surface area contributed by atoms with Crippen LogP contribution in [0.5, 0.6) is 5.75 Å². The van der Waals surface area contributed by atoms with Crippen molar-refractivity contribution in [3.05, 3.63) is 28.3 Å². The Kier molecular flexibility index (Phi) is 3.08. The molecule has 13 heavy (non-hydrogen) atoms. The molecule has 4 heteroatoms. The number of hydrogen-bond donors (Lipinski definition) is 1. The summed E-state index contributed by atoms with van der Waals surface area (Å²) in [6.07, 6.45) is -0.0961. The molecule has 0 fully saturated rings. The minimum absolute atomic E-state index is 0.0961. The van der Waals surface area contributed by atoms with Crippen molar-refractivity contribution in [1.82, 2.24) is 0 Å². The quantitative estimate of drug-likeness (QED) is 0.748. The molecule has 1 aromatic heterocycles. The fourth-order valence-corrected chi connectivity index (χ4v) is 0.924. The number of rotatable bonds is 3. The lowest BCUT2D eigenvalue weighted by Crippen LogP contribution is -2.23. The molecule has 1 unspecified atom stereocenters. The first kappa shape index (κ1) is 9.80. The highest BCUT2D eigenvalue weighted by atomic mass is 16.5. The molecule has 0 aliphatic heterocycles. The summed E-state index contributed by atoms with van der Waals surface area (Å²) in [5.74, 6) is 1.04. The minimum atomic E-state index is -0.403. The molecule has 2 N–H and O–H groups in total. The molecule has 1 heterocycles. The Morgan fingerprint density at radius 1 is 1.62 bits per heavy atom. The lowest BCUT2D eigenvalue weighted by Gasteiger charge is -2.11. The van der Waals surface area contributed by atoms with E-state index in [1.165, 1.54) is 6.07 Å². The Hall–Kier alpha value is -1.29. The molecule has 0 spiro atoms. The van der Waals surface area contributed by atoms with E-state index in [4.69, 9.17) is 14.9 Å². The summed E-state index contributed by atoms with van der Waals surface area (Å²) in [6, 6.07) is 2.96. The van der Waals surface area contributed by atoms with Gasteiger partial charge in [-0.05, 0) is 13.8 Å². The Morgan fingerprint density at radius 3 is 2.85 bits per heavy atom. The van der Waals surface area contributed by atoms with Crippen molar-refractivity contribution in [3.63, 3.8) is 0 Å². The van der Waals surface area contributed by atoms with Crippen molar-refractivity contribution >= 4 is 0 Å². The first-order chi connectivity index (χ1) is 6.11. The van der Waals surface area contributed by atoms with Crippen LogP contribution in [0.2, 0.25) is 0 Å². The molecule has 72 valence electrons. The highest BCUT2D eigenvalue weighted by Crippen LogP contribution is 2.10. The van der Waals surface area contributed by atoms with Crippen LogP contribution >= 0.6 is 0 Å². The van der Waals surface area contributed by atoms with Gasteiger partial charge in [0.15, 0.2) is 0 Å². The van der Waals surface area contributed by atoms with Gasteiger partial charge in [0.2, 0.25) is 0 Å². The molecule has 4 nitrogen and oxygen atoms in total. The molecule has 0 saturated heterocycles. The van der Waals surface area contributed by atoms with Gasteiger partial charge in [-0.2, -0.15) is 0 Å². The average molecular weight is 183 g/mol. The van der Waals surface area contributed by atoms with Crippen LogP contribution in [-0.4, -0.2) is 12.6 Å². The second-order valence-corrected chi connectivity index (χ2v) is 2.89. The molecule has 0 saturated carbocycles. The van der Waals surface area contributed by atoms with Gasteiger partial charge in [0.25, 0.3) is 0 Å². The van der Waals surface area contributed by atoms with Crippen LogP contribution in [0.3, 0.4) is 0 Å². The van der Waals surface area contributed by atoms with E-state index in [-0.39, 0.29) is 6.10 Å². The van der Waals surface area contributed by atoms with E-state index in [0.717, 1.165) is 0 Å². The summed E-state index contributed by atoms with van der Waals surface area (Å²) < 4.78 is 10.1. The smallest absolute Gasteiger partial charge is 0.339 e. The summed E-state index contributed by atoms with van der Waals surface area (Å²) in [6.45, 7) is 3.95. The molecular weight excluding hydrogens is 170 g/mol. The first-order valence-corrected chi connectivity index (χ1v) is 4.10. The van der Waals surface area contributed by atoms with Gasteiger partial charge in [0, 0.05) is 12.6 Å². The largest absolute Gasteiger partial charge is 0.489 e. The molecule has 0 aromatic carbocycles. The van der Waals surface area contributed by atoms with Gasteiger partial charge in [-0.25, -0.2) is 4.79 Å². The van der Waals surface area contributed by atoms with Gasteiger partial charge in [0.1, 0.15) is 17.6 Å². The van der Waals surface area contributed by atoms with Crippen molar-refractivity contribution in [2.45, 2.75) is 20.0 Å². The Bertz CT molecular complexity index is 332. The Morgan fingerprint density at radius 2 is 2.31 bits per heavy atom. The van der Waals surface area contributed by atoms with E-state index in [9.17, 15) is 4.79 Å². The molecule has 0 amide bonds. The highest BCUT2D eigenvalue weighted by molar-refractivity contribution is 5.20. The average Bonchev–Trinajstić information content (AvgIpc) is 2.02. The topological polar surface area (TPSA) is 65.5 Å². The molecule has 0 bridgehead atoms. The lowest BCUT2D eigenvalue weighted by atomic mass is 10.3. The summed E-state index contributed by atoms with van der Waals surface area (Å²) in [5, 5.41) is 0. The van der Waals surface area contributed by atoms with Crippen LogP contribution in [0.4, 0.5) is 0 Å². The maximum absolute atomic E-state index is 10.9. The number of hydrogen-bond acceptors (Lipinski definition) is 4. The van der Waals surface area contributed by atoms with Crippen LogP contribution < -0.4 is 16.1 Å². The van der Waals surface area contributed by atoms with Gasteiger partial charge in [-0.3, -0.25) is 0 Å². The van der Waals surface area contributed by atoms with E-state index in [1.807, 2.05) is 6.92 Å². The predicted molar refractivity (Wildman–Crippen MR) is 48.9 cm³/mol. The summed E-state index contributed by atoms with van der Waals surface area (Å²) in [7, 11) is 0. The van der Waals surface area contributed by atoms with Gasteiger partial charge < -0.3 is 14.9 Å². The van der Waals surface area contributed by atoms with Crippen LogP contribution in [0.1, 0.15) is 12.7 Å². The third-order valence-electron chi connectivity index (χ3n) is 1.54. The second kappa shape index (κ2) is 4.09. The first-order valence-electron chi connectivity index (χ1n) is 4.10. The van der Waals surface area contributed by atoms with E-state index in [1.54, 1.807) is 13.0 Å². The molecule has 1 aromatic rings. The number of ether oxygens (including phenoxy) is 1. The lowest BCUT2D eigenvalue weighted by molar-refractivity contribution is 0.227. The van der Waals surface area contributed by atoms with E-state index < -0.39 is 5.63 Å².